The van der Waals surface area contributed by atoms with Gasteiger partial charge in [-0.25, -0.2) is 0 Å². The Bertz CT molecular complexity index is 728. The number of piperazine rings is 1. The molecule has 1 unspecified atom stereocenters. The Labute approximate surface area is 173 Å². The van der Waals surface area contributed by atoms with Gasteiger partial charge in [-0.2, -0.15) is 0 Å². The maximum Gasteiger partial charge on any atom is 0.164 e. The van der Waals surface area contributed by atoms with E-state index in [1.54, 1.807) is 24.3 Å². The Morgan fingerprint density at radius 3 is 2.36 bits per heavy atom. The van der Waals surface area contributed by atoms with Crippen molar-refractivity contribution in [3.8, 4) is 0 Å². The third kappa shape index (κ3) is 6.14. The first-order valence-corrected chi connectivity index (χ1v) is 10.4. The van der Waals surface area contributed by atoms with Gasteiger partial charge < -0.3 is 9.64 Å². The third-order valence-corrected chi connectivity index (χ3v) is 5.50. The molecule has 0 N–H and O–H groups in total. The molecule has 0 aliphatic carbocycles. The summed E-state index contributed by atoms with van der Waals surface area (Å²) in [6, 6.07) is 17.7. The van der Waals surface area contributed by atoms with Crippen LogP contribution in [-0.2, 0) is 11.2 Å². The monoisotopic (exact) mass is 400 g/mol. The largest absolute Gasteiger partial charge is 0.363 e. The van der Waals surface area contributed by atoms with Gasteiger partial charge in [-0.15, -0.1) is 0 Å². The molecule has 1 saturated heterocycles. The van der Waals surface area contributed by atoms with E-state index < -0.39 is 0 Å². The molecule has 2 aromatic rings. The van der Waals surface area contributed by atoms with E-state index >= 15 is 0 Å². The minimum Gasteiger partial charge on any atom is -0.363 e. The second-order valence-corrected chi connectivity index (χ2v) is 7.59. The minimum atomic E-state index is 0.116. The molecule has 150 valence electrons. The van der Waals surface area contributed by atoms with Gasteiger partial charge in [0.15, 0.2) is 5.78 Å². The third-order valence-electron chi connectivity index (χ3n) is 5.25. The Balaban J connectivity index is 1.46. The first-order valence-electron chi connectivity index (χ1n) is 10.1. The van der Waals surface area contributed by atoms with Crippen LogP contribution in [-0.4, -0.2) is 61.1 Å². The average molecular weight is 401 g/mol. The summed E-state index contributed by atoms with van der Waals surface area (Å²) in [4.78, 5) is 17.2. The van der Waals surface area contributed by atoms with E-state index in [4.69, 9.17) is 16.3 Å². The van der Waals surface area contributed by atoms with E-state index in [9.17, 15) is 4.79 Å². The number of rotatable bonds is 9. The number of hydrogen-bond acceptors (Lipinski definition) is 4. The Morgan fingerprint density at radius 2 is 1.71 bits per heavy atom. The van der Waals surface area contributed by atoms with Gasteiger partial charge in [-0.3, -0.25) is 9.69 Å². The lowest BCUT2D eigenvalue weighted by Gasteiger charge is -2.39. The van der Waals surface area contributed by atoms with Crippen LogP contribution in [0.15, 0.2) is 54.6 Å². The van der Waals surface area contributed by atoms with Gasteiger partial charge in [-0.1, -0.05) is 41.9 Å². The van der Waals surface area contributed by atoms with Gasteiger partial charge in [-0.05, 0) is 36.8 Å². The predicted octanol–water partition coefficient (Wildman–Crippen LogP) is 4.14. The zero-order valence-corrected chi connectivity index (χ0v) is 17.3. The zero-order valence-electron chi connectivity index (χ0n) is 16.5. The highest BCUT2D eigenvalue weighted by atomic mass is 35.5. The van der Waals surface area contributed by atoms with E-state index in [-0.39, 0.29) is 12.0 Å². The molecule has 0 radical (unpaired) electrons. The Morgan fingerprint density at radius 1 is 1.04 bits per heavy atom. The van der Waals surface area contributed by atoms with E-state index in [0.29, 0.717) is 18.1 Å². The van der Waals surface area contributed by atoms with Crippen molar-refractivity contribution in [2.24, 2.45) is 0 Å². The molecule has 1 heterocycles. The van der Waals surface area contributed by atoms with Crippen molar-refractivity contribution < 1.29 is 9.53 Å². The summed E-state index contributed by atoms with van der Waals surface area (Å²) in [6.45, 7) is 7.43. The van der Waals surface area contributed by atoms with Crippen molar-refractivity contribution in [3.05, 3.63) is 70.7 Å². The fourth-order valence-corrected chi connectivity index (χ4v) is 3.74. The van der Waals surface area contributed by atoms with Crippen LogP contribution < -0.4 is 0 Å². The highest BCUT2D eigenvalue weighted by Crippen LogP contribution is 2.15. The van der Waals surface area contributed by atoms with E-state index in [1.807, 2.05) is 6.07 Å². The number of hydrogen-bond donors (Lipinski definition) is 0. The zero-order chi connectivity index (χ0) is 19.8. The molecule has 1 aliphatic heterocycles. The summed E-state index contributed by atoms with van der Waals surface area (Å²) < 4.78 is 6.03. The second-order valence-electron chi connectivity index (χ2n) is 7.16. The molecule has 28 heavy (non-hydrogen) atoms. The van der Waals surface area contributed by atoms with Crippen molar-refractivity contribution in [1.82, 2.24) is 9.80 Å². The quantitative estimate of drug-likeness (QED) is 0.592. The predicted molar refractivity (Wildman–Crippen MR) is 114 cm³/mol. The molecule has 1 fully saturated rings. The van der Waals surface area contributed by atoms with Crippen LogP contribution >= 0.6 is 11.6 Å². The maximum absolute atomic E-state index is 12.4. The number of ketones is 1. The Hall–Kier alpha value is -1.72. The number of ether oxygens (including phenoxy) is 1. The molecule has 1 atom stereocenters. The summed E-state index contributed by atoms with van der Waals surface area (Å²) in [6.07, 6.45) is 1.56. The van der Waals surface area contributed by atoms with E-state index in [0.717, 1.165) is 44.7 Å². The molecule has 2 aromatic carbocycles. The van der Waals surface area contributed by atoms with E-state index in [1.165, 1.54) is 5.56 Å². The fraction of sp³-hybridized carbons (Fsp3) is 0.435. The van der Waals surface area contributed by atoms with Crippen molar-refractivity contribution >= 4 is 17.4 Å². The summed E-state index contributed by atoms with van der Waals surface area (Å²) in [5, 5.41) is 0.659. The summed E-state index contributed by atoms with van der Waals surface area (Å²) in [5.74, 6) is 0.176. The Kier molecular flexibility index (Phi) is 8.04. The van der Waals surface area contributed by atoms with E-state index in [2.05, 4.69) is 41.0 Å². The molecular weight excluding hydrogens is 372 g/mol. The lowest BCUT2D eigenvalue weighted by Crippen LogP contribution is -2.52. The van der Waals surface area contributed by atoms with Crippen LogP contribution in [0.5, 0.6) is 0 Å². The van der Waals surface area contributed by atoms with Gasteiger partial charge >= 0.3 is 0 Å². The SMILES string of the molecule is CCOC(Cc1ccccc1)N1CCN(CCC(=O)c2ccc(Cl)cc2)CC1. The van der Waals surface area contributed by atoms with Gasteiger partial charge in [0.05, 0.1) is 0 Å². The highest BCUT2D eigenvalue weighted by molar-refractivity contribution is 6.30. The van der Waals surface area contributed by atoms with Crippen molar-refractivity contribution in [2.45, 2.75) is 26.0 Å². The average Bonchev–Trinajstić information content (AvgIpc) is 2.73. The number of carbonyl (C=O) groups is 1. The van der Waals surface area contributed by atoms with Crippen molar-refractivity contribution in [1.29, 1.82) is 0 Å². The van der Waals surface area contributed by atoms with Gasteiger partial charge in [0.25, 0.3) is 0 Å². The smallest absolute Gasteiger partial charge is 0.164 e. The first kappa shape index (κ1) is 21.0. The van der Waals surface area contributed by atoms with Gasteiger partial charge in [0.1, 0.15) is 6.23 Å². The molecule has 0 spiro atoms. The maximum atomic E-state index is 12.4. The van der Waals surface area contributed by atoms with Crippen LogP contribution in [0.25, 0.3) is 0 Å². The number of carbonyl (C=O) groups excluding carboxylic acids is 1. The van der Waals surface area contributed by atoms with Crippen LogP contribution in [0.1, 0.15) is 29.3 Å². The number of Topliss-reactive ketones (excluding diaryl/α,β-unsaturated/α-hetero) is 1. The standard InChI is InChI=1S/C23H29ClN2O2/c1-2-28-23(18-19-6-4-3-5-7-19)26-16-14-25(15-17-26)13-12-22(27)20-8-10-21(24)11-9-20/h3-11,23H,2,12-18H2,1H3. The number of nitrogens with zero attached hydrogens (tertiary/aromatic N) is 2. The molecule has 3 rings (SSSR count). The molecule has 5 heteroatoms. The van der Waals surface area contributed by atoms with Crippen LogP contribution in [0.4, 0.5) is 0 Å². The van der Waals surface area contributed by atoms with Gasteiger partial charge in [0, 0.05) is 62.8 Å². The van der Waals surface area contributed by atoms with Crippen molar-refractivity contribution in [3.63, 3.8) is 0 Å². The van der Waals surface area contributed by atoms with Crippen LogP contribution in [0, 0.1) is 0 Å². The topological polar surface area (TPSA) is 32.8 Å². The molecule has 0 amide bonds. The molecule has 0 aromatic heterocycles. The van der Waals surface area contributed by atoms with Crippen LogP contribution in [0.2, 0.25) is 5.02 Å². The minimum absolute atomic E-state index is 0.116. The summed E-state index contributed by atoms with van der Waals surface area (Å²) >= 11 is 5.89. The fourth-order valence-electron chi connectivity index (χ4n) is 3.62. The van der Waals surface area contributed by atoms with Crippen molar-refractivity contribution in [2.75, 3.05) is 39.3 Å². The lowest BCUT2D eigenvalue weighted by molar-refractivity contribution is -0.0711. The van der Waals surface area contributed by atoms with Gasteiger partial charge in [0.2, 0.25) is 0 Å². The number of halogens is 1. The first-order chi connectivity index (χ1) is 13.7. The molecule has 0 saturated carbocycles. The van der Waals surface area contributed by atoms with Crippen LogP contribution in [0.3, 0.4) is 0 Å². The molecule has 4 nitrogen and oxygen atoms in total. The summed E-state index contributed by atoms with van der Waals surface area (Å²) in [7, 11) is 0. The molecule has 0 bridgehead atoms. The summed E-state index contributed by atoms with van der Waals surface area (Å²) in [5.41, 5.74) is 2.04. The lowest BCUT2D eigenvalue weighted by atomic mass is 10.1. The highest BCUT2D eigenvalue weighted by Gasteiger charge is 2.24. The number of benzene rings is 2. The molecule has 1 aliphatic rings. The normalized spacial score (nSPS) is 16.8. The molecular formula is C23H29ClN2O2. The second kappa shape index (κ2) is 10.7.